The van der Waals surface area contributed by atoms with Crippen molar-refractivity contribution in [2.45, 2.75) is 45.4 Å². The highest BCUT2D eigenvalue weighted by atomic mass is 79.9. The van der Waals surface area contributed by atoms with Crippen LogP contribution in [0, 0.1) is 5.41 Å². The number of halogens is 1. The number of nitrogens with one attached hydrogen (secondary N) is 1. The van der Waals surface area contributed by atoms with E-state index in [0.29, 0.717) is 0 Å². The molecule has 106 valence electrons. The summed E-state index contributed by atoms with van der Waals surface area (Å²) in [4.78, 5) is 8.87. The summed E-state index contributed by atoms with van der Waals surface area (Å²) >= 11 is 3.43. The first-order chi connectivity index (χ1) is 9.17. The minimum Gasteiger partial charge on any atom is -0.396 e. The van der Waals surface area contributed by atoms with Gasteiger partial charge in [0.2, 0.25) is 0 Å². The molecule has 4 nitrogen and oxygen atoms in total. The van der Waals surface area contributed by atoms with E-state index in [4.69, 9.17) is 0 Å². The third kappa shape index (κ3) is 3.89. The predicted octanol–water partition coefficient (Wildman–Crippen LogP) is 3.16. The van der Waals surface area contributed by atoms with Gasteiger partial charge in [0.1, 0.15) is 16.2 Å². The smallest absolute Gasteiger partial charge is 0.132 e. The first-order valence-electron chi connectivity index (χ1n) is 7.06. The van der Waals surface area contributed by atoms with E-state index in [2.05, 4.69) is 38.1 Å². The van der Waals surface area contributed by atoms with Crippen molar-refractivity contribution < 1.29 is 5.11 Å². The molecule has 0 radical (unpaired) electrons. The molecule has 2 rings (SSSR count). The molecule has 1 fully saturated rings. The molecule has 0 amide bonds. The number of nitrogens with zero attached hydrogens (tertiary/aromatic N) is 2. The highest BCUT2D eigenvalue weighted by molar-refractivity contribution is 9.10. The van der Waals surface area contributed by atoms with Gasteiger partial charge in [-0.25, -0.2) is 9.97 Å². The summed E-state index contributed by atoms with van der Waals surface area (Å²) in [5.74, 6) is 1.72. The van der Waals surface area contributed by atoms with E-state index in [1.807, 2.05) is 6.07 Å². The largest absolute Gasteiger partial charge is 0.396 e. The van der Waals surface area contributed by atoms with Gasteiger partial charge in [0.25, 0.3) is 0 Å². The Morgan fingerprint density at radius 1 is 1.37 bits per heavy atom. The van der Waals surface area contributed by atoms with E-state index in [1.54, 1.807) is 0 Å². The molecule has 5 heteroatoms. The van der Waals surface area contributed by atoms with Crippen LogP contribution in [0.1, 0.15) is 44.9 Å². The Hall–Kier alpha value is -0.680. The maximum Gasteiger partial charge on any atom is 0.132 e. The zero-order valence-electron chi connectivity index (χ0n) is 11.5. The lowest BCUT2D eigenvalue weighted by molar-refractivity contribution is 0.142. The lowest BCUT2D eigenvalue weighted by Crippen LogP contribution is -2.30. The summed E-state index contributed by atoms with van der Waals surface area (Å²) in [5, 5.41) is 13.0. The predicted molar refractivity (Wildman–Crippen MR) is 80.2 cm³/mol. The van der Waals surface area contributed by atoms with E-state index in [1.165, 1.54) is 12.8 Å². The Kier molecular flexibility index (Phi) is 5.16. The van der Waals surface area contributed by atoms with Gasteiger partial charge in [-0.1, -0.05) is 19.8 Å². The molecule has 0 atom stereocenters. The number of hydrogen-bond acceptors (Lipinski definition) is 4. The molecule has 1 heterocycles. The number of aromatic nitrogens is 2. The van der Waals surface area contributed by atoms with Crippen molar-refractivity contribution in [3.63, 3.8) is 0 Å². The zero-order chi connectivity index (χ0) is 13.7. The highest BCUT2D eigenvalue weighted by Crippen LogP contribution is 2.37. The Morgan fingerprint density at radius 3 is 2.74 bits per heavy atom. The number of aryl methyl sites for hydroxylation is 1. The SMILES string of the molecule is CCCc1nc(Br)cc(NCC2(CO)CCCC2)n1. The lowest BCUT2D eigenvalue weighted by Gasteiger charge is -2.26. The zero-order valence-corrected chi connectivity index (χ0v) is 13.0. The van der Waals surface area contributed by atoms with Crippen molar-refractivity contribution >= 4 is 21.7 Å². The molecule has 0 aromatic carbocycles. The van der Waals surface area contributed by atoms with E-state index in [-0.39, 0.29) is 12.0 Å². The average Bonchev–Trinajstić information content (AvgIpc) is 2.86. The Bertz CT molecular complexity index is 419. The molecule has 0 spiro atoms. The molecular formula is C14H22BrN3O. The second-order valence-corrected chi connectivity index (χ2v) is 6.27. The highest BCUT2D eigenvalue weighted by Gasteiger charge is 2.32. The Morgan fingerprint density at radius 2 is 2.11 bits per heavy atom. The van der Waals surface area contributed by atoms with Crippen LogP contribution in [-0.2, 0) is 6.42 Å². The summed E-state index contributed by atoms with van der Waals surface area (Å²) < 4.78 is 0.818. The van der Waals surface area contributed by atoms with E-state index < -0.39 is 0 Å². The van der Waals surface area contributed by atoms with Gasteiger partial charge in [-0.05, 0) is 35.2 Å². The summed E-state index contributed by atoms with van der Waals surface area (Å²) in [6.07, 6.45) is 6.57. The van der Waals surface area contributed by atoms with Gasteiger partial charge in [-0.15, -0.1) is 0 Å². The second kappa shape index (κ2) is 6.66. The quantitative estimate of drug-likeness (QED) is 0.788. The number of rotatable bonds is 6. The first kappa shape index (κ1) is 14.7. The molecule has 0 bridgehead atoms. The minimum atomic E-state index is 0.0440. The van der Waals surface area contributed by atoms with Crippen LogP contribution in [0.5, 0.6) is 0 Å². The van der Waals surface area contributed by atoms with Gasteiger partial charge in [0.05, 0.1) is 6.61 Å². The number of aliphatic hydroxyl groups is 1. The summed E-state index contributed by atoms with van der Waals surface area (Å²) in [6.45, 7) is 3.17. The fourth-order valence-corrected chi connectivity index (χ4v) is 3.11. The van der Waals surface area contributed by atoms with Gasteiger partial charge >= 0.3 is 0 Å². The standard InChI is InChI=1S/C14H22BrN3O/c1-2-5-12-17-11(15)8-13(18-12)16-9-14(10-19)6-3-4-7-14/h8,19H,2-7,9-10H2,1H3,(H,16,17,18). The van der Waals surface area contributed by atoms with Crippen LogP contribution in [0.15, 0.2) is 10.7 Å². The maximum absolute atomic E-state index is 9.61. The molecule has 1 aromatic rings. The molecule has 1 aromatic heterocycles. The van der Waals surface area contributed by atoms with Crippen LogP contribution >= 0.6 is 15.9 Å². The third-order valence-corrected chi connectivity index (χ3v) is 4.27. The summed E-state index contributed by atoms with van der Waals surface area (Å²) in [6, 6.07) is 1.90. The van der Waals surface area contributed by atoms with Crippen molar-refractivity contribution in [2.24, 2.45) is 5.41 Å². The van der Waals surface area contributed by atoms with Crippen LogP contribution in [0.2, 0.25) is 0 Å². The van der Waals surface area contributed by atoms with Crippen LogP contribution in [0.3, 0.4) is 0 Å². The fourth-order valence-electron chi connectivity index (χ4n) is 2.68. The van der Waals surface area contributed by atoms with Crippen LogP contribution in [0.25, 0.3) is 0 Å². The fraction of sp³-hybridized carbons (Fsp3) is 0.714. The number of aliphatic hydroxyl groups excluding tert-OH is 1. The molecule has 0 aliphatic heterocycles. The van der Waals surface area contributed by atoms with Crippen molar-refractivity contribution in [3.05, 3.63) is 16.5 Å². The first-order valence-corrected chi connectivity index (χ1v) is 7.85. The molecule has 0 unspecified atom stereocenters. The van der Waals surface area contributed by atoms with Gasteiger partial charge in [-0.3, -0.25) is 0 Å². The van der Waals surface area contributed by atoms with Gasteiger partial charge in [-0.2, -0.15) is 0 Å². The van der Waals surface area contributed by atoms with Gasteiger partial charge in [0.15, 0.2) is 0 Å². The Balaban J connectivity index is 2.02. The topological polar surface area (TPSA) is 58.0 Å². The van der Waals surface area contributed by atoms with Crippen molar-refractivity contribution in [2.75, 3.05) is 18.5 Å². The molecule has 1 aliphatic rings. The molecule has 1 aliphatic carbocycles. The molecule has 2 N–H and O–H groups in total. The number of anilines is 1. The third-order valence-electron chi connectivity index (χ3n) is 3.86. The monoisotopic (exact) mass is 327 g/mol. The van der Waals surface area contributed by atoms with Crippen molar-refractivity contribution in [1.82, 2.24) is 9.97 Å². The van der Waals surface area contributed by atoms with E-state index in [0.717, 1.165) is 48.5 Å². The number of hydrogen-bond donors (Lipinski definition) is 2. The van der Waals surface area contributed by atoms with Crippen LogP contribution in [0.4, 0.5) is 5.82 Å². The van der Waals surface area contributed by atoms with Crippen molar-refractivity contribution in [1.29, 1.82) is 0 Å². The van der Waals surface area contributed by atoms with Crippen LogP contribution < -0.4 is 5.32 Å². The molecule has 0 saturated heterocycles. The minimum absolute atomic E-state index is 0.0440. The van der Waals surface area contributed by atoms with Crippen LogP contribution in [-0.4, -0.2) is 28.2 Å². The lowest BCUT2D eigenvalue weighted by atomic mass is 9.87. The van der Waals surface area contributed by atoms with Gasteiger partial charge < -0.3 is 10.4 Å². The van der Waals surface area contributed by atoms with E-state index in [9.17, 15) is 5.11 Å². The molecule has 19 heavy (non-hydrogen) atoms. The average molecular weight is 328 g/mol. The maximum atomic E-state index is 9.61. The van der Waals surface area contributed by atoms with E-state index >= 15 is 0 Å². The van der Waals surface area contributed by atoms with Gasteiger partial charge in [0, 0.05) is 24.4 Å². The normalized spacial score (nSPS) is 17.6. The second-order valence-electron chi connectivity index (χ2n) is 5.46. The Labute approximate surface area is 123 Å². The molecular weight excluding hydrogens is 306 g/mol. The summed E-state index contributed by atoms with van der Waals surface area (Å²) in [5.41, 5.74) is 0.0440. The molecule has 1 saturated carbocycles. The summed E-state index contributed by atoms with van der Waals surface area (Å²) in [7, 11) is 0. The van der Waals surface area contributed by atoms with Crippen molar-refractivity contribution in [3.8, 4) is 0 Å².